The van der Waals surface area contributed by atoms with Crippen molar-refractivity contribution in [1.82, 2.24) is 14.6 Å². The van der Waals surface area contributed by atoms with Crippen LogP contribution in [0.3, 0.4) is 0 Å². The van der Waals surface area contributed by atoms with E-state index in [2.05, 4.69) is 10.1 Å². The molecule has 0 spiro atoms. The maximum Gasteiger partial charge on any atom is 0.291 e. The van der Waals surface area contributed by atoms with E-state index in [1.54, 1.807) is 18.2 Å². The van der Waals surface area contributed by atoms with Gasteiger partial charge in [-0.1, -0.05) is 59.4 Å². The molecule has 0 saturated carbocycles. The standard InChI is InChI=1S/C18H12FN3OS/c1-11-6-8-12(9-7-11)16-20-18-22(21-16)17(23)15(24-18)10-13-4-2-3-5-14(13)19/h2-10H,1H3/b15-10+. The van der Waals surface area contributed by atoms with Gasteiger partial charge in [0.05, 0.1) is 4.53 Å². The topological polar surface area (TPSA) is 47.3 Å². The summed E-state index contributed by atoms with van der Waals surface area (Å²) in [7, 11) is 0. The number of thiazole rings is 1. The first kappa shape index (κ1) is 14.7. The van der Waals surface area contributed by atoms with E-state index in [0.717, 1.165) is 11.1 Å². The Balaban J connectivity index is 1.83. The van der Waals surface area contributed by atoms with Gasteiger partial charge >= 0.3 is 0 Å². The van der Waals surface area contributed by atoms with Crippen molar-refractivity contribution in [2.75, 3.05) is 0 Å². The number of hydrogen-bond donors (Lipinski definition) is 0. The number of aromatic nitrogens is 3. The maximum atomic E-state index is 13.7. The lowest BCUT2D eigenvalue weighted by molar-refractivity contribution is 0.625. The van der Waals surface area contributed by atoms with E-state index in [0.29, 0.717) is 20.9 Å². The number of benzene rings is 2. The Morgan fingerprint density at radius 1 is 1.12 bits per heavy atom. The Morgan fingerprint density at radius 3 is 2.58 bits per heavy atom. The summed E-state index contributed by atoms with van der Waals surface area (Å²) in [5.41, 5.74) is 2.09. The van der Waals surface area contributed by atoms with Gasteiger partial charge in [-0.25, -0.2) is 4.39 Å². The molecule has 4 rings (SSSR count). The highest BCUT2D eigenvalue weighted by Crippen LogP contribution is 2.17. The first-order chi connectivity index (χ1) is 11.6. The Morgan fingerprint density at radius 2 is 1.88 bits per heavy atom. The average Bonchev–Trinajstić information content (AvgIpc) is 3.11. The Hall–Kier alpha value is -2.86. The molecule has 0 aliphatic rings. The second kappa shape index (κ2) is 5.65. The zero-order valence-electron chi connectivity index (χ0n) is 12.7. The zero-order valence-corrected chi connectivity index (χ0v) is 13.5. The lowest BCUT2D eigenvalue weighted by Gasteiger charge is -1.95. The van der Waals surface area contributed by atoms with Gasteiger partial charge in [-0.3, -0.25) is 4.79 Å². The molecule has 0 aliphatic heterocycles. The fourth-order valence-electron chi connectivity index (χ4n) is 2.39. The molecule has 0 fully saturated rings. The predicted molar refractivity (Wildman–Crippen MR) is 92.5 cm³/mol. The molecule has 2 heterocycles. The summed E-state index contributed by atoms with van der Waals surface area (Å²) < 4.78 is 15.4. The van der Waals surface area contributed by atoms with Crippen LogP contribution in [-0.2, 0) is 0 Å². The molecule has 0 unspecified atom stereocenters. The van der Waals surface area contributed by atoms with E-state index in [4.69, 9.17) is 0 Å². The zero-order chi connectivity index (χ0) is 16.7. The quantitative estimate of drug-likeness (QED) is 0.565. The first-order valence-electron chi connectivity index (χ1n) is 7.35. The van der Waals surface area contributed by atoms with Crippen LogP contribution in [-0.4, -0.2) is 14.6 Å². The minimum absolute atomic E-state index is 0.288. The van der Waals surface area contributed by atoms with Crippen LogP contribution in [0, 0.1) is 12.7 Å². The summed E-state index contributed by atoms with van der Waals surface area (Å²) in [5.74, 6) is 0.145. The van der Waals surface area contributed by atoms with Gasteiger partial charge in [0.15, 0.2) is 5.82 Å². The van der Waals surface area contributed by atoms with Crippen molar-refractivity contribution in [3.63, 3.8) is 0 Å². The molecule has 24 heavy (non-hydrogen) atoms. The van der Waals surface area contributed by atoms with E-state index in [9.17, 15) is 9.18 Å². The highest BCUT2D eigenvalue weighted by molar-refractivity contribution is 7.15. The molecule has 118 valence electrons. The van der Waals surface area contributed by atoms with Gasteiger partial charge in [-0.15, -0.1) is 5.10 Å². The van der Waals surface area contributed by atoms with Crippen molar-refractivity contribution >= 4 is 22.4 Å². The molecule has 4 nitrogen and oxygen atoms in total. The number of halogens is 1. The summed E-state index contributed by atoms with van der Waals surface area (Å²) in [6.45, 7) is 2.00. The number of rotatable bonds is 2. The maximum absolute atomic E-state index is 13.7. The van der Waals surface area contributed by atoms with Gasteiger partial charge in [0.2, 0.25) is 4.96 Å². The third-order valence-corrected chi connectivity index (χ3v) is 4.64. The van der Waals surface area contributed by atoms with Crippen molar-refractivity contribution < 1.29 is 4.39 Å². The second-order valence-corrected chi connectivity index (χ2v) is 6.44. The minimum Gasteiger partial charge on any atom is -0.266 e. The van der Waals surface area contributed by atoms with Crippen LogP contribution < -0.4 is 10.1 Å². The molecule has 2 aromatic carbocycles. The SMILES string of the molecule is Cc1ccc(-c2nc3s/c(=C/c4ccccc4F)c(=O)n3n2)cc1. The number of hydrogen-bond acceptors (Lipinski definition) is 4. The molecule has 6 heteroatoms. The number of nitrogens with zero attached hydrogens (tertiary/aromatic N) is 3. The van der Waals surface area contributed by atoms with Gasteiger partial charge in [0, 0.05) is 11.1 Å². The lowest BCUT2D eigenvalue weighted by Crippen LogP contribution is -2.23. The highest BCUT2D eigenvalue weighted by Gasteiger charge is 2.12. The molecule has 0 atom stereocenters. The van der Waals surface area contributed by atoms with Crippen LogP contribution >= 0.6 is 11.3 Å². The predicted octanol–water partition coefficient (Wildman–Crippen LogP) is 2.81. The van der Waals surface area contributed by atoms with Crippen LogP contribution in [0.15, 0.2) is 53.3 Å². The molecular weight excluding hydrogens is 325 g/mol. The second-order valence-electron chi connectivity index (χ2n) is 5.43. The largest absolute Gasteiger partial charge is 0.291 e. The summed E-state index contributed by atoms with van der Waals surface area (Å²) in [4.78, 5) is 17.4. The fraction of sp³-hybridized carbons (Fsp3) is 0.0556. The third-order valence-electron chi connectivity index (χ3n) is 3.68. The van der Waals surface area contributed by atoms with Gasteiger partial charge in [-0.05, 0) is 19.1 Å². The molecular formula is C18H12FN3OS. The average molecular weight is 337 g/mol. The Kier molecular flexibility index (Phi) is 3.46. The molecule has 0 bridgehead atoms. The van der Waals surface area contributed by atoms with E-state index in [1.807, 2.05) is 31.2 Å². The van der Waals surface area contributed by atoms with Crippen molar-refractivity contribution in [2.45, 2.75) is 6.92 Å². The molecule has 4 aromatic rings. The van der Waals surface area contributed by atoms with E-state index in [-0.39, 0.29) is 11.4 Å². The van der Waals surface area contributed by atoms with Crippen molar-refractivity contribution in [1.29, 1.82) is 0 Å². The normalized spacial score (nSPS) is 12.2. The fourth-order valence-corrected chi connectivity index (χ4v) is 3.29. The molecule has 0 N–H and O–H groups in total. The first-order valence-corrected chi connectivity index (χ1v) is 8.16. The van der Waals surface area contributed by atoms with Gasteiger partial charge in [0.1, 0.15) is 5.82 Å². The molecule has 0 radical (unpaired) electrons. The number of fused-ring (bicyclic) bond motifs is 1. The van der Waals surface area contributed by atoms with E-state index < -0.39 is 0 Å². The van der Waals surface area contributed by atoms with Crippen LogP contribution in [0.25, 0.3) is 22.4 Å². The number of aryl methyl sites for hydroxylation is 1. The van der Waals surface area contributed by atoms with Crippen molar-refractivity contribution in [3.8, 4) is 11.4 Å². The molecule has 0 amide bonds. The van der Waals surface area contributed by atoms with Gasteiger partial charge in [-0.2, -0.15) is 9.50 Å². The summed E-state index contributed by atoms with van der Waals surface area (Å²) in [6, 6.07) is 14.1. The monoisotopic (exact) mass is 337 g/mol. The minimum atomic E-state index is -0.365. The van der Waals surface area contributed by atoms with Crippen LogP contribution in [0.2, 0.25) is 0 Å². The van der Waals surface area contributed by atoms with Crippen LogP contribution in [0.5, 0.6) is 0 Å². The molecule has 0 aliphatic carbocycles. The lowest BCUT2D eigenvalue weighted by atomic mass is 10.1. The van der Waals surface area contributed by atoms with Gasteiger partial charge in [0.25, 0.3) is 5.56 Å². The molecule has 0 saturated heterocycles. The van der Waals surface area contributed by atoms with E-state index >= 15 is 0 Å². The summed E-state index contributed by atoms with van der Waals surface area (Å²) in [6.07, 6.45) is 1.53. The smallest absolute Gasteiger partial charge is 0.266 e. The van der Waals surface area contributed by atoms with Gasteiger partial charge < -0.3 is 0 Å². The van der Waals surface area contributed by atoms with Crippen molar-refractivity contribution in [2.24, 2.45) is 0 Å². The summed E-state index contributed by atoms with van der Waals surface area (Å²) in [5, 5.41) is 4.29. The van der Waals surface area contributed by atoms with Crippen molar-refractivity contribution in [3.05, 3.63) is 80.4 Å². The highest BCUT2D eigenvalue weighted by atomic mass is 32.1. The Bertz CT molecular complexity index is 1150. The van der Waals surface area contributed by atoms with Crippen LogP contribution in [0.4, 0.5) is 4.39 Å². The molecule has 2 aromatic heterocycles. The van der Waals surface area contributed by atoms with Crippen LogP contribution in [0.1, 0.15) is 11.1 Å². The summed E-state index contributed by atoms with van der Waals surface area (Å²) >= 11 is 1.20. The Labute approximate surface area is 140 Å². The third kappa shape index (κ3) is 2.51. The van der Waals surface area contributed by atoms with E-state index in [1.165, 1.54) is 28.0 Å².